The zero-order valence-corrected chi connectivity index (χ0v) is 13.3. The summed E-state index contributed by atoms with van der Waals surface area (Å²) in [5.74, 6) is -2.05. The van der Waals surface area contributed by atoms with Gasteiger partial charge in [-0.1, -0.05) is 0 Å². The van der Waals surface area contributed by atoms with E-state index in [1.807, 2.05) is 0 Å². The fourth-order valence-electron chi connectivity index (χ4n) is 3.50. The number of thioether (sulfide) groups is 1. The van der Waals surface area contributed by atoms with Gasteiger partial charge in [0.2, 0.25) is 5.91 Å². The zero-order chi connectivity index (χ0) is 16.0. The maximum Gasteiger partial charge on any atom is 0.353 e. The van der Waals surface area contributed by atoms with Crippen molar-refractivity contribution in [3.8, 4) is 0 Å². The lowest BCUT2D eigenvalue weighted by Gasteiger charge is -2.46. The molecule has 0 radical (unpaired) electrons. The maximum absolute atomic E-state index is 12.2. The SMILES string of the molecule is CO[C@H]1C(S[C@H]2CCNC2)=C(C(=O)O)N2C(=O)[C@H]([C@@H](C)O)[C@@H]12. The second kappa shape index (κ2) is 5.84. The number of fused-ring (bicyclic) bond motifs is 1. The molecule has 7 nitrogen and oxygen atoms in total. The number of amides is 1. The van der Waals surface area contributed by atoms with Crippen molar-refractivity contribution in [3.05, 3.63) is 10.6 Å². The van der Waals surface area contributed by atoms with Crippen LogP contribution in [-0.2, 0) is 14.3 Å². The summed E-state index contributed by atoms with van der Waals surface area (Å²) >= 11 is 1.48. The molecule has 3 N–H and O–H groups in total. The Morgan fingerprint density at radius 2 is 2.27 bits per heavy atom. The molecule has 0 aromatic rings. The van der Waals surface area contributed by atoms with Crippen LogP contribution in [0.5, 0.6) is 0 Å². The number of carboxylic acid groups (broad SMARTS) is 1. The summed E-state index contributed by atoms with van der Waals surface area (Å²) in [5, 5.41) is 22.9. The van der Waals surface area contributed by atoms with Crippen molar-refractivity contribution in [2.45, 2.75) is 36.8 Å². The zero-order valence-electron chi connectivity index (χ0n) is 12.5. The highest BCUT2D eigenvalue weighted by atomic mass is 32.2. The number of aliphatic carboxylic acids is 1. The van der Waals surface area contributed by atoms with Gasteiger partial charge in [-0.2, -0.15) is 0 Å². The monoisotopic (exact) mass is 328 g/mol. The van der Waals surface area contributed by atoms with Crippen molar-refractivity contribution in [3.63, 3.8) is 0 Å². The first kappa shape index (κ1) is 15.8. The Morgan fingerprint density at radius 3 is 2.77 bits per heavy atom. The van der Waals surface area contributed by atoms with Gasteiger partial charge in [0.15, 0.2) is 0 Å². The quantitative estimate of drug-likeness (QED) is 0.591. The molecule has 8 heteroatoms. The van der Waals surface area contributed by atoms with E-state index in [9.17, 15) is 19.8 Å². The number of nitrogens with one attached hydrogen (secondary N) is 1. The van der Waals surface area contributed by atoms with Crippen LogP contribution >= 0.6 is 11.8 Å². The Morgan fingerprint density at radius 1 is 1.55 bits per heavy atom. The minimum Gasteiger partial charge on any atom is -0.477 e. The van der Waals surface area contributed by atoms with Crippen LogP contribution < -0.4 is 5.32 Å². The van der Waals surface area contributed by atoms with Gasteiger partial charge in [0, 0.05) is 23.8 Å². The van der Waals surface area contributed by atoms with Gasteiger partial charge < -0.3 is 20.3 Å². The number of carbonyl (C=O) groups is 2. The fourth-order valence-corrected chi connectivity index (χ4v) is 4.96. The Balaban J connectivity index is 1.93. The smallest absolute Gasteiger partial charge is 0.353 e. The van der Waals surface area contributed by atoms with E-state index in [2.05, 4.69) is 5.32 Å². The second-order valence-electron chi connectivity index (χ2n) is 5.87. The van der Waals surface area contributed by atoms with E-state index in [1.165, 1.54) is 23.8 Å². The van der Waals surface area contributed by atoms with Gasteiger partial charge in [-0.05, 0) is 19.9 Å². The van der Waals surface area contributed by atoms with Gasteiger partial charge in [-0.25, -0.2) is 4.79 Å². The first-order valence-electron chi connectivity index (χ1n) is 7.36. The molecule has 0 aromatic carbocycles. The molecule has 0 saturated carbocycles. The number of β-lactam (4-membered cyclic amide) rings is 1. The molecular formula is C14H20N2O5S. The molecule has 22 heavy (non-hydrogen) atoms. The summed E-state index contributed by atoms with van der Waals surface area (Å²) in [6.45, 7) is 3.28. The summed E-state index contributed by atoms with van der Waals surface area (Å²) in [6.07, 6.45) is -0.344. The topological polar surface area (TPSA) is 99.1 Å². The van der Waals surface area contributed by atoms with E-state index in [0.29, 0.717) is 4.91 Å². The van der Waals surface area contributed by atoms with Crippen molar-refractivity contribution in [1.82, 2.24) is 10.2 Å². The van der Waals surface area contributed by atoms with Crippen LogP contribution in [0.1, 0.15) is 13.3 Å². The van der Waals surface area contributed by atoms with Gasteiger partial charge in [0.05, 0.1) is 18.1 Å². The number of aliphatic hydroxyl groups is 1. The first-order chi connectivity index (χ1) is 10.5. The number of ether oxygens (including phenoxy) is 1. The summed E-state index contributed by atoms with van der Waals surface area (Å²) in [7, 11) is 1.52. The molecule has 2 fully saturated rings. The standard InChI is InChI=1S/C14H20N2O5S/c1-6(17)8-9-11(21-2)12(22-7-3-4-15-5-7)10(14(19)20)16(9)13(8)18/h6-9,11,15,17H,3-5H2,1-2H3,(H,19,20)/t6-,7+,8-,9+,11-/m1/s1. The van der Waals surface area contributed by atoms with E-state index in [0.717, 1.165) is 19.5 Å². The largest absolute Gasteiger partial charge is 0.477 e. The first-order valence-corrected chi connectivity index (χ1v) is 8.24. The lowest BCUT2D eigenvalue weighted by molar-refractivity contribution is -0.166. The molecule has 0 aliphatic carbocycles. The van der Waals surface area contributed by atoms with Gasteiger partial charge in [-0.3, -0.25) is 9.69 Å². The summed E-state index contributed by atoms with van der Waals surface area (Å²) in [4.78, 5) is 25.8. The van der Waals surface area contributed by atoms with Crippen LogP contribution in [0.15, 0.2) is 10.6 Å². The molecule has 1 amide bonds. The van der Waals surface area contributed by atoms with Gasteiger partial charge in [0.25, 0.3) is 0 Å². The number of aliphatic hydroxyl groups excluding tert-OH is 1. The summed E-state index contributed by atoms with van der Waals surface area (Å²) < 4.78 is 5.51. The molecule has 0 bridgehead atoms. The number of hydrogen-bond acceptors (Lipinski definition) is 6. The van der Waals surface area contributed by atoms with E-state index in [-0.39, 0.29) is 16.9 Å². The third-order valence-corrected chi connectivity index (χ3v) is 5.93. The second-order valence-corrected chi connectivity index (χ2v) is 7.21. The number of rotatable bonds is 5. The molecule has 3 rings (SSSR count). The number of hydrogen-bond donors (Lipinski definition) is 3. The molecular weight excluding hydrogens is 308 g/mol. The minimum absolute atomic E-state index is 0.0238. The Hall–Kier alpha value is -1.09. The van der Waals surface area contributed by atoms with Crippen molar-refractivity contribution in [2.24, 2.45) is 5.92 Å². The number of nitrogens with zero attached hydrogens (tertiary/aromatic N) is 1. The van der Waals surface area contributed by atoms with Crippen molar-refractivity contribution in [1.29, 1.82) is 0 Å². The molecule has 5 atom stereocenters. The molecule has 0 unspecified atom stereocenters. The minimum atomic E-state index is -1.12. The van der Waals surface area contributed by atoms with E-state index in [4.69, 9.17) is 4.74 Å². The van der Waals surface area contributed by atoms with Gasteiger partial charge >= 0.3 is 5.97 Å². The van der Waals surface area contributed by atoms with E-state index >= 15 is 0 Å². The molecule has 2 saturated heterocycles. The summed E-state index contributed by atoms with van der Waals surface area (Å²) in [5.41, 5.74) is 0.0238. The molecule has 0 aromatic heterocycles. The molecule has 122 valence electrons. The predicted octanol–water partition coefficient (Wildman–Crippen LogP) is -0.386. The van der Waals surface area contributed by atoms with Crippen LogP contribution in [0.3, 0.4) is 0 Å². The molecule has 0 spiro atoms. The number of carboxylic acids is 1. The van der Waals surface area contributed by atoms with Gasteiger partial charge in [0.1, 0.15) is 11.8 Å². The fraction of sp³-hybridized carbons (Fsp3) is 0.714. The van der Waals surface area contributed by atoms with Crippen molar-refractivity contribution < 1.29 is 24.5 Å². The molecule has 3 aliphatic heterocycles. The molecule has 3 aliphatic rings. The third-order valence-electron chi connectivity index (χ3n) is 4.52. The average molecular weight is 328 g/mol. The normalized spacial score (nSPS) is 35.6. The lowest BCUT2D eigenvalue weighted by atomic mass is 9.82. The lowest BCUT2D eigenvalue weighted by Crippen LogP contribution is -2.65. The number of methoxy groups -OCH3 is 1. The molecule has 3 heterocycles. The highest BCUT2D eigenvalue weighted by Crippen LogP contribution is 2.49. The Labute approximate surface area is 132 Å². The van der Waals surface area contributed by atoms with E-state index in [1.54, 1.807) is 6.92 Å². The van der Waals surface area contributed by atoms with Crippen molar-refractivity contribution >= 4 is 23.6 Å². The summed E-state index contributed by atoms with van der Waals surface area (Å²) in [6, 6.07) is -0.416. The van der Waals surface area contributed by atoms with Crippen LogP contribution in [0.2, 0.25) is 0 Å². The maximum atomic E-state index is 12.2. The highest BCUT2D eigenvalue weighted by molar-refractivity contribution is 8.03. The van der Waals surface area contributed by atoms with Crippen LogP contribution in [0, 0.1) is 5.92 Å². The van der Waals surface area contributed by atoms with Crippen LogP contribution in [0.4, 0.5) is 0 Å². The van der Waals surface area contributed by atoms with Crippen molar-refractivity contribution in [2.75, 3.05) is 20.2 Å². The number of carbonyl (C=O) groups excluding carboxylic acids is 1. The predicted molar refractivity (Wildman–Crippen MR) is 80.1 cm³/mol. The average Bonchev–Trinajstić information content (AvgIpc) is 3.03. The van der Waals surface area contributed by atoms with Crippen LogP contribution in [-0.4, -0.2) is 70.7 Å². The van der Waals surface area contributed by atoms with Gasteiger partial charge in [-0.15, -0.1) is 11.8 Å². The van der Waals surface area contributed by atoms with Crippen LogP contribution in [0.25, 0.3) is 0 Å². The highest BCUT2D eigenvalue weighted by Gasteiger charge is 2.62. The van der Waals surface area contributed by atoms with E-state index < -0.39 is 30.1 Å². The Kier molecular flexibility index (Phi) is 4.19. The third kappa shape index (κ3) is 2.25. The Bertz CT molecular complexity index is 529.